The molecule has 1 heterocycles. The van der Waals surface area contributed by atoms with Gasteiger partial charge in [-0.1, -0.05) is 54.1 Å². The van der Waals surface area contributed by atoms with E-state index >= 15 is 0 Å². The van der Waals surface area contributed by atoms with Gasteiger partial charge in [0.1, 0.15) is 17.0 Å². The normalized spacial score (nSPS) is 11.6. The van der Waals surface area contributed by atoms with Crippen LogP contribution in [0.15, 0.2) is 97.1 Å². The Morgan fingerprint density at radius 1 is 0.765 bits per heavy atom. The van der Waals surface area contributed by atoms with Crippen LogP contribution in [0.3, 0.4) is 0 Å². The van der Waals surface area contributed by atoms with Crippen molar-refractivity contribution in [2.75, 3.05) is 0 Å². The van der Waals surface area contributed by atoms with Gasteiger partial charge in [0.15, 0.2) is 0 Å². The van der Waals surface area contributed by atoms with E-state index in [0.29, 0.717) is 34.1 Å². The molecule has 0 spiro atoms. The molecule has 0 aliphatic rings. The summed E-state index contributed by atoms with van der Waals surface area (Å²) in [6, 6.07) is 27.9. The van der Waals surface area contributed by atoms with Gasteiger partial charge < -0.3 is 4.74 Å². The van der Waals surface area contributed by atoms with Crippen molar-refractivity contribution in [3.8, 4) is 22.8 Å². The van der Waals surface area contributed by atoms with Gasteiger partial charge in [-0.05, 0) is 60.2 Å². The van der Waals surface area contributed by atoms with E-state index in [4.69, 9.17) is 16.3 Å². The highest BCUT2D eigenvalue weighted by molar-refractivity contribution is 6.30. The van der Waals surface area contributed by atoms with Crippen LogP contribution in [0, 0.1) is 0 Å². The Labute approximate surface area is 199 Å². The molecule has 170 valence electrons. The molecule has 34 heavy (non-hydrogen) atoms. The molecule has 7 heteroatoms. The Morgan fingerprint density at radius 2 is 1.41 bits per heavy atom. The van der Waals surface area contributed by atoms with Crippen LogP contribution in [0.4, 0.5) is 13.2 Å². The Balaban J connectivity index is 1.58. The second-order valence-corrected chi connectivity index (χ2v) is 8.21. The summed E-state index contributed by atoms with van der Waals surface area (Å²) >= 11 is 5.92. The van der Waals surface area contributed by atoms with Crippen molar-refractivity contribution < 1.29 is 17.9 Å². The number of hydrogen-bond donors (Lipinski definition) is 0. The smallest absolute Gasteiger partial charge is 0.418 e. The van der Waals surface area contributed by atoms with Crippen molar-refractivity contribution in [1.29, 1.82) is 0 Å². The number of alkyl halides is 3. The lowest BCUT2D eigenvalue weighted by Gasteiger charge is -2.10. The summed E-state index contributed by atoms with van der Waals surface area (Å²) < 4.78 is 48.6. The minimum Gasteiger partial charge on any atom is -0.457 e. The second-order valence-electron chi connectivity index (χ2n) is 7.77. The van der Waals surface area contributed by atoms with Gasteiger partial charge in [0.2, 0.25) is 0 Å². The molecule has 0 aliphatic heterocycles. The number of aromatic nitrogens is 2. The van der Waals surface area contributed by atoms with Crippen LogP contribution in [0.2, 0.25) is 5.02 Å². The van der Waals surface area contributed by atoms with Crippen LogP contribution in [-0.2, 0) is 12.7 Å². The lowest BCUT2D eigenvalue weighted by Crippen LogP contribution is -2.06. The fourth-order valence-electron chi connectivity index (χ4n) is 3.88. The van der Waals surface area contributed by atoms with Gasteiger partial charge >= 0.3 is 6.18 Å². The molecule has 4 aromatic carbocycles. The maximum absolute atomic E-state index is 13.7. The number of nitrogens with zero attached hydrogens (tertiary/aromatic N) is 2. The minimum atomic E-state index is -4.50. The lowest BCUT2D eigenvalue weighted by molar-refractivity contribution is -0.136. The van der Waals surface area contributed by atoms with Gasteiger partial charge in [0.05, 0.1) is 17.8 Å². The molecular weight excluding hydrogens is 461 g/mol. The molecule has 0 fully saturated rings. The van der Waals surface area contributed by atoms with Crippen molar-refractivity contribution in [3.63, 3.8) is 0 Å². The van der Waals surface area contributed by atoms with Gasteiger partial charge in [0, 0.05) is 16.0 Å². The van der Waals surface area contributed by atoms with Gasteiger partial charge in [-0.2, -0.15) is 18.3 Å². The topological polar surface area (TPSA) is 27.1 Å². The van der Waals surface area contributed by atoms with Crippen LogP contribution >= 0.6 is 11.6 Å². The first-order chi connectivity index (χ1) is 16.4. The minimum absolute atomic E-state index is 0.0672. The third-order valence-electron chi connectivity index (χ3n) is 5.43. The summed E-state index contributed by atoms with van der Waals surface area (Å²) in [4.78, 5) is 0. The third kappa shape index (κ3) is 4.50. The van der Waals surface area contributed by atoms with Crippen LogP contribution in [0.5, 0.6) is 11.5 Å². The van der Waals surface area contributed by atoms with E-state index in [1.807, 2.05) is 42.5 Å². The van der Waals surface area contributed by atoms with Gasteiger partial charge in [-0.15, -0.1) is 0 Å². The van der Waals surface area contributed by atoms with E-state index < -0.39 is 11.7 Å². The second kappa shape index (κ2) is 8.88. The molecule has 0 amide bonds. The summed E-state index contributed by atoms with van der Waals surface area (Å²) in [6.07, 6.45) is -4.50. The third-order valence-corrected chi connectivity index (χ3v) is 5.68. The van der Waals surface area contributed by atoms with Crippen molar-refractivity contribution in [2.24, 2.45) is 0 Å². The molecule has 1 aromatic heterocycles. The Bertz CT molecular complexity index is 1430. The van der Waals surface area contributed by atoms with Crippen LogP contribution in [0.1, 0.15) is 11.1 Å². The zero-order chi connectivity index (χ0) is 23.7. The standard InChI is InChI=1S/C27H18ClF3N2O/c28-20-11-15-22(16-12-20)34-21-13-9-19(10-14-21)26-23-7-4-8-24(27(29,30)31)25(23)32-33(26)17-18-5-2-1-3-6-18/h1-16H,17H2. The molecule has 0 atom stereocenters. The highest BCUT2D eigenvalue weighted by Gasteiger charge is 2.34. The maximum Gasteiger partial charge on any atom is 0.418 e. The summed E-state index contributed by atoms with van der Waals surface area (Å²) in [5, 5.41) is 5.45. The van der Waals surface area contributed by atoms with Gasteiger partial charge in [-0.3, -0.25) is 4.68 Å². The summed E-state index contributed by atoms with van der Waals surface area (Å²) in [5.74, 6) is 1.23. The molecule has 0 radical (unpaired) electrons. The average Bonchev–Trinajstić information content (AvgIpc) is 3.19. The maximum atomic E-state index is 13.7. The molecule has 3 nitrogen and oxygen atoms in total. The quantitative estimate of drug-likeness (QED) is 0.254. The highest BCUT2D eigenvalue weighted by atomic mass is 35.5. The van der Waals surface area contributed by atoms with Gasteiger partial charge in [0.25, 0.3) is 0 Å². The van der Waals surface area contributed by atoms with Crippen LogP contribution < -0.4 is 4.74 Å². The fraction of sp³-hybridized carbons (Fsp3) is 0.0741. The lowest BCUT2D eigenvalue weighted by atomic mass is 10.0. The molecule has 0 bridgehead atoms. The van der Waals surface area contributed by atoms with Crippen molar-refractivity contribution in [1.82, 2.24) is 9.78 Å². The summed E-state index contributed by atoms with van der Waals surface area (Å²) in [6.45, 7) is 0.338. The molecule has 0 unspecified atom stereocenters. The predicted molar refractivity (Wildman–Crippen MR) is 127 cm³/mol. The summed E-state index contributed by atoms with van der Waals surface area (Å²) in [7, 11) is 0. The molecule has 0 N–H and O–H groups in total. The SMILES string of the molecule is FC(F)(F)c1cccc2c(-c3ccc(Oc4ccc(Cl)cc4)cc3)n(Cc3ccccc3)nc12. The zero-order valence-corrected chi connectivity index (χ0v) is 18.5. The Kier molecular flexibility index (Phi) is 5.75. The fourth-order valence-corrected chi connectivity index (χ4v) is 4.00. The number of fused-ring (bicyclic) bond motifs is 1. The van der Waals surface area contributed by atoms with Crippen LogP contribution in [-0.4, -0.2) is 9.78 Å². The molecule has 0 aliphatic carbocycles. The number of halogens is 4. The first-order valence-electron chi connectivity index (χ1n) is 10.5. The first kappa shape index (κ1) is 22.0. The molecule has 0 saturated heterocycles. The molecule has 5 aromatic rings. The Hall–Kier alpha value is -3.77. The number of rotatable bonds is 5. The monoisotopic (exact) mass is 478 g/mol. The average molecular weight is 479 g/mol. The number of benzene rings is 4. The summed E-state index contributed by atoms with van der Waals surface area (Å²) in [5.41, 5.74) is 1.47. The van der Waals surface area contributed by atoms with E-state index in [1.54, 1.807) is 47.1 Å². The van der Waals surface area contributed by atoms with Crippen molar-refractivity contribution in [2.45, 2.75) is 12.7 Å². The van der Waals surface area contributed by atoms with Gasteiger partial charge in [-0.25, -0.2) is 0 Å². The first-order valence-corrected chi connectivity index (χ1v) is 10.9. The molecular formula is C27H18ClF3N2O. The van der Waals surface area contributed by atoms with Crippen LogP contribution in [0.25, 0.3) is 22.2 Å². The zero-order valence-electron chi connectivity index (χ0n) is 17.8. The van der Waals surface area contributed by atoms with E-state index in [2.05, 4.69) is 5.10 Å². The largest absolute Gasteiger partial charge is 0.457 e. The van der Waals surface area contributed by atoms with E-state index in [0.717, 1.165) is 17.2 Å². The van der Waals surface area contributed by atoms with E-state index in [1.165, 1.54) is 6.07 Å². The number of hydrogen-bond acceptors (Lipinski definition) is 2. The van der Waals surface area contributed by atoms with Crippen molar-refractivity contribution in [3.05, 3.63) is 113 Å². The Morgan fingerprint density at radius 3 is 2.06 bits per heavy atom. The van der Waals surface area contributed by atoms with Crippen molar-refractivity contribution >= 4 is 22.5 Å². The molecule has 5 rings (SSSR count). The number of ether oxygens (including phenoxy) is 1. The van der Waals surface area contributed by atoms with E-state index in [9.17, 15) is 13.2 Å². The highest BCUT2D eigenvalue weighted by Crippen LogP contribution is 2.38. The van der Waals surface area contributed by atoms with E-state index in [-0.39, 0.29) is 5.52 Å². The predicted octanol–water partition coefficient (Wildman–Crippen LogP) is 8.22. The molecule has 0 saturated carbocycles.